The molecule has 1 aliphatic carbocycles. The van der Waals surface area contributed by atoms with Crippen LogP contribution in [0.2, 0.25) is 0 Å². The molecule has 1 unspecified atom stereocenters. The fraction of sp³-hybridized carbons (Fsp3) is 0.452. The molecule has 0 bridgehead atoms. The molecule has 0 fully saturated rings. The lowest BCUT2D eigenvalue weighted by Gasteiger charge is -2.19. The Morgan fingerprint density at radius 3 is 2.73 bits per heavy atom. The van der Waals surface area contributed by atoms with E-state index < -0.39 is 23.6 Å². The summed E-state index contributed by atoms with van der Waals surface area (Å²) in [6.45, 7) is 8.12. The highest BCUT2D eigenvalue weighted by molar-refractivity contribution is 5.76. The number of nitrogens with zero attached hydrogens (tertiary/aromatic N) is 2. The largest absolute Gasteiger partial charge is 0.490 e. The van der Waals surface area contributed by atoms with Gasteiger partial charge in [0, 0.05) is 35.8 Å². The molecule has 0 saturated carbocycles. The first-order chi connectivity index (χ1) is 19.7. The summed E-state index contributed by atoms with van der Waals surface area (Å²) in [4.78, 5) is 11.7. The van der Waals surface area contributed by atoms with Crippen LogP contribution in [0, 0.1) is 5.82 Å². The minimum Gasteiger partial charge on any atom is -0.490 e. The van der Waals surface area contributed by atoms with Gasteiger partial charge in [-0.25, -0.2) is 9.18 Å². The first kappa shape index (κ1) is 28.9. The number of carbonyl (C=O) groups excluding carboxylic acids is 1. The molecule has 3 N–H and O–H groups in total. The summed E-state index contributed by atoms with van der Waals surface area (Å²) in [6, 6.07) is 10.6. The number of benzene rings is 2. The van der Waals surface area contributed by atoms with Crippen molar-refractivity contribution in [1.29, 1.82) is 0 Å². The summed E-state index contributed by atoms with van der Waals surface area (Å²) in [5.74, 6) is -0.151. The fourth-order valence-electron chi connectivity index (χ4n) is 5.24. The van der Waals surface area contributed by atoms with Crippen molar-refractivity contribution < 1.29 is 28.5 Å². The maximum atomic E-state index is 14.3. The van der Waals surface area contributed by atoms with E-state index in [-0.39, 0.29) is 26.4 Å². The molecule has 1 aromatic heterocycles. The first-order valence-electron chi connectivity index (χ1n) is 14.1. The molecular formula is C31H37FN4O5. The number of nitrogens with one attached hydrogen (secondary N) is 2. The monoisotopic (exact) mass is 564 g/mol. The van der Waals surface area contributed by atoms with Gasteiger partial charge in [0.25, 0.3) is 0 Å². The Bertz CT molecular complexity index is 1410. The number of ether oxygens (including phenoxy) is 3. The summed E-state index contributed by atoms with van der Waals surface area (Å²) in [5.41, 5.74) is 6.53. The van der Waals surface area contributed by atoms with Gasteiger partial charge in [-0.3, -0.25) is 0 Å². The van der Waals surface area contributed by atoms with Crippen LogP contribution >= 0.6 is 0 Å². The Labute approximate surface area is 239 Å². The lowest BCUT2D eigenvalue weighted by molar-refractivity contribution is 0.0489. The van der Waals surface area contributed by atoms with Gasteiger partial charge in [-0.2, -0.15) is 0 Å². The maximum Gasteiger partial charge on any atom is 0.407 e. The summed E-state index contributed by atoms with van der Waals surface area (Å²) < 4.78 is 30.9. The van der Waals surface area contributed by atoms with Gasteiger partial charge in [0.2, 0.25) is 0 Å². The van der Waals surface area contributed by atoms with Gasteiger partial charge in [0.15, 0.2) is 0 Å². The van der Waals surface area contributed by atoms with Crippen LogP contribution in [0.3, 0.4) is 0 Å². The zero-order valence-electron chi connectivity index (χ0n) is 23.8. The van der Waals surface area contributed by atoms with Crippen molar-refractivity contribution in [3.05, 3.63) is 64.5 Å². The molecule has 218 valence electrons. The van der Waals surface area contributed by atoms with Gasteiger partial charge in [-0.15, -0.1) is 10.2 Å². The lowest BCUT2D eigenvalue weighted by atomic mass is 9.94. The Balaban J connectivity index is 1.29. The van der Waals surface area contributed by atoms with Crippen LogP contribution in [0.15, 0.2) is 36.4 Å². The van der Waals surface area contributed by atoms with Gasteiger partial charge < -0.3 is 30.0 Å². The Hall–Kier alpha value is -3.60. The molecule has 1 aliphatic heterocycles. The van der Waals surface area contributed by atoms with Crippen molar-refractivity contribution >= 4 is 6.09 Å². The van der Waals surface area contributed by atoms with Crippen LogP contribution in [-0.4, -0.2) is 59.9 Å². The fourth-order valence-corrected chi connectivity index (χ4v) is 5.24. The number of carbonyl (C=O) groups is 1. The minimum atomic E-state index is -0.699. The number of aliphatic hydroxyl groups excluding tert-OH is 1. The van der Waals surface area contributed by atoms with Crippen molar-refractivity contribution in [1.82, 2.24) is 20.8 Å². The number of halogens is 1. The van der Waals surface area contributed by atoms with Crippen LogP contribution in [0.25, 0.3) is 22.5 Å². The van der Waals surface area contributed by atoms with Crippen molar-refractivity contribution in [3.8, 4) is 28.3 Å². The van der Waals surface area contributed by atoms with E-state index in [1.165, 1.54) is 23.3 Å². The molecule has 41 heavy (non-hydrogen) atoms. The molecule has 1 atom stereocenters. The van der Waals surface area contributed by atoms with Crippen LogP contribution in [0.1, 0.15) is 55.5 Å². The molecule has 10 heteroatoms. The van der Waals surface area contributed by atoms with Crippen LogP contribution in [-0.2, 0) is 28.9 Å². The van der Waals surface area contributed by atoms with E-state index in [1.54, 1.807) is 26.8 Å². The number of fused-ring (bicyclic) bond motifs is 2. The third kappa shape index (κ3) is 7.01. The quantitative estimate of drug-likeness (QED) is 0.326. The smallest absolute Gasteiger partial charge is 0.407 e. The number of hydrogen-bond acceptors (Lipinski definition) is 8. The third-order valence-electron chi connectivity index (χ3n) is 7.08. The van der Waals surface area contributed by atoms with Crippen LogP contribution < -0.4 is 15.4 Å². The van der Waals surface area contributed by atoms with E-state index >= 15 is 0 Å². The standard InChI is InChI=1S/C31H37FN4O5/c1-31(2,3)41-30(38)34-12-13-39-14-15-40-26-17-22(32)6-7-23(26)29-27-24(8-9-25(27)37)28(35-36-29)20-4-5-21-18-33-11-10-19(21)16-20/h4-7,16-17,25,33,37H,8-15,18H2,1-3H3,(H,34,38). The molecular weight excluding hydrogens is 527 g/mol. The first-order valence-corrected chi connectivity index (χ1v) is 14.1. The number of amides is 1. The Kier molecular flexibility index (Phi) is 8.82. The summed E-state index contributed by atoms with van der Waals surface area (Å²) >= 11 is 0. The van der Waals surface area contributed by atoms with Crippen molar-refractivity contribution in [2.45, 2.75) is 58.3 Å². The second-order valence-electron chi connectivity index (χ2n) is 11.3. The van der Waals surface area contributed by atoms with Crippen LogP contribution in [0.4, 0.5) is 9.18 Å². The molecule has 0 saturated heterocycles. The van der Waals surface area contributed by atoms with Crippen molar-refractivity contribution in [3.63, 3.8) is 0 Å². The second kappa shape index (κ2) is 12.5. The maximum absolute atomic E-state index is 14.3. The molecule has 5 rings (SSSR count). The average Bonchev–Trinajstić information content (AvgIpc) is 3.32. The highest BCUT2D eigenvalue weighted by atomic mass is 19.1. The Morgan fingerprint density at radius 1 is 1.07 bits per heavy atom. The van der Waals surface area contributed by atoms with Gasteiger partial charge >= 0.3 is 6.09 Å². The Morgan fingerprint density at radius 2 is 1.90 bits per heavy atom. The van der Waals surface area contributed by atoms with E-state index in [9.17, 15) is 14.3 Å². The zero-order chi connectivity index (χ0) is 29.0. The summed E-state index contributed by atoms with van der Waals surface area (Å²) in [5, 5.41) is 26.2. The van der Waals surface area contributed by atoms with E-state index in [0.29, 0.717) is 29.8 Å². The van der Waals surface area contributed by atoms with E-state index in [4.69, 9.17) is 14.2 Å². The third-order valence-corrected chi connectivity index (χ3v) is 7.08. The number of hydrogen-bond donors (Lipinski definition) is 3. The van der Waals surface area contributed by atoms with E-state index in [1.807, 2.05) is 0 Å². The normalized spacial score (nSPS) is 16.2. The van der Waals surface area contributed by atoms with Crippen LogP contribution in [0.5, 0.6) is 5.75 Å². The minimum absolute atomic E-state index is 0.156. The topological polar surface area (TPSA) is 115 Å². The summed E-state index contributed by atoms with van der Waals surface area (Å²) in [7, 11) is 0. The highest BCUT2D eigenvalue weighted by Gasteiger charge is 2.31. The number of aliphatic hydroxyl groups is 1. The summed E-state index contributed by atoms with van der Waals surface area (Å²) in [6.07, 6.45) is 0.998. The molecule has 0 radical (unpaired) electrons. The molecule has 3 aromatic rings. The lowest BCUT2D eigenvalue weighted by Crippen LogP contribution is -2.34. The average molecular weight is 565 g/mol. The van der Waals surface area contributed by atoms with E-state index in [0.717, 1.165) is 41.9 Å². The van der Waals surface area contributed by atoms with Crippen molar-refractivity contribution in [2.24, 2.45) is 0 Å². The molecule has 0 spiro atoms. The highest BCUT2D eigenvalue weighted by Crippen LogP contribution is 2.43. The van der Waals surface area contributed by atoms with E-state index in [2.05, 4.69) is 39.0 Å². The molecule has 2 aromatic carbocycles. The second-order valence-corrected chi connectivity index (χ2v) is 11.3. The molecule has 2 aliphatic rings. The predicted molar refractivity (Wildman–Crippen MR) is 152 cm³/mol. The SMILES string of the molecule is CC(C)(C)OC(=O)NCCOCCOc1cc(F)ccc1-c1nnc(-c2ccc3c(c2)CCNC3)c2c1C(O)CC2. The van der Waals surface area contributed by atoms with Gasteiger partial charge in [-0.1, -0.05) is 12.1 Å². The molecule has 2 heterocycles. The number of alkyl carbamates (subject to hydrolysis) is 1. The molecule has 1 amide bonds. The number of rotatable bonds is 9. The molecule has 9 nitrogen and oxygen atoms in total. The number of aromatic nitrogens is 2. The van der Waals surface area contributed by atoms with Gasteiger partial charge in [-0.05, 0) is 81.5 Å². The van der Waals surface area contributed by atoms with Crippen molar-refractivity contribution in [2.75, 3.05) is 32.9 Å². The van der Waals surface area contributed by atoms with Gasteiger partial charge in [0.05, 0.1) is 25.0 Å². The zero-order valence-corrected chi connectivity index (χ0v) is 23.8. The van der Waals surface area contributed by atoms with Gasteiger partial charge in [0.1, 0.15) is 29.5 Å². The predicted octanol–water partition coefficient (Wildman–Crippen LogP) is 4.50.